The molecule has 2 aromatic carbocycles. The summed E-state index contributed by atoms with van der Waals surface area (Å²) in [6.45, 7) is 0.390. The van der Waals surface area contributed by atoms with Crippen LogP contribution < -0.4 is 5.32 Å². The summed E-state index contributed by atoms with van der Waals surface area (Å²) in [5.74, 6) is -0.958. The van der Waals surface area contributed by atoms with Crippen LogP contribution in [0.15, 0.2) is 60.0 Å². The number of hydrogen-bond donors (Lipinski definition) is 1. The van der Waals surface area contributed by atoms with Gasteiger partial charge in [-0.25, -0.2) is 18.4 Å². The molecule has 7 nitrogen and oxygen atoms in total. The van der Waals surface area contributed by atoms with E-state index in [0.29, 0.717) is 17.8 Å². The molecule has 3 aromatic rings. The number of rotatable bonds is 5. The zero-order valence-electron chi connectivity index (χ0n) is 14.5. The first-order valence-corrected chi connectivity index (χ1v) is 8.50. The first kappa shape index (κ1) is 17.8. The highest BCUT2D eigenvalue weighted by molar-refractivity contribution is 6.05. The second-order valence-electron chi connectivity index (χ2n) is 6.22. The molecule has 1 aromatic heterocycles. The molecule has 9 heteroatoms. The number of nitrogens with zero attached hydrogens (tertiary/aromatic N) is 4. The summed E-state index contributed by atoms with van der Waals surface area (Å²) in [6.07, 6.45) is 0.909. The van der Waals surface area contributed by atoms with E-state index in [1.54, 1.807) is 24.3 Å². The zero-order chi connectivity index (χ0) is 19.5. The summed E-state index contributed by atoms with van der Waals surface area (Å²) in [5.41, 5.74) is 2.11. The lowest BCUT2D eigenvalue weighted by molar-refractivity contribution is -0.125. The van der Waals surface area contributed by atoms with Crippen LogP contribution in [0.3, 0.4) is 0 Å². The molecular weight excluding hydrogens is 368 g/mol. The number of anilines is 1. The Bertz CT molecular complexity index is 1020. The van der Waals surface area contributed by atoms with Gasteiger partial charge in [-0.05, 0) is 35.4 Å². The van der Waals surface area contributed by atoms with Crippen LogP contribution in [0.2, 0.25) is 0 Å². The average molecular weight is 383 g/mol. The Morgan fingerprint density at radius 3 is 2.50 bits per heavy atom. The molecule has 28 heavy (non-hydrogen) atoms. The van der Waals surface area contributed by atoms with Crippen LogP contribution in [0.25, 0.3) is 0 Å². The Hall–Kier alpha value is -3.62. The molecule has 0 saturated carbocycles. The Morgan fingerprint density at radius 1 is 1.11 bits per heavy atom. The summed E-state index contributed by atoms with van der Waals surface area (Å²) < 4.78 is 27.5. The van der Waals surface area contributed by atoms with E-state index < -0.39 is 12.0 Å². The van der Waals surface area contributed by atoms with Gasteiger partial charge in [-0.2, -0.15) is 0 Å². The van der Waals surface area contributed by atoms with E-state index in [9.17, 15) is 13.6 Å². The van der Waals surface area contributed by atoms with Crippen LogP contribution >= 0.6 is 0 Å². The van der Waals surface area contributed by atoms with Gasteiger partial charge in [0.25, 0.3) is 5.91 Å². The fourth-order valence-corrected chi connectivity index (χ4v) is 2.73. The number of carbonyl (C=O) groups is 1. The monoisotopic (exact) mass is 383 g/mol. The van der Waals surface area contributed by atoms with E-state index in [1.807, 2.05) is 0 Å². The fraction of sp³-hybridized carbons (Fsp3) is 0.158. The van der Waals surface area contributed by atoms with Gasteiger partial charge in [0.1, 0.15) is 18.0 Å². The first-order chi connectivity index (χ1) is 13.6. The summed E-state index contributed by atoms with van der Waals surface area (Å²) in [6, 6.07) is 11.8. The second kappa shape index (κ2) is 7.55. The molecule has 0 radical (unpaired) electrons. The number of halogens is 2. The third kappa shape index (κ3) is 4.03. The molecule has 1 aliphatic heterocycles. The fourth-order valence-electron chi connectivity index (χ4n) is 2.73. The van der Waals surface area contributed by atoms with Crippen molar-refractivity contribution >= 4 is 17.6 Å². The number of hydrogen-bond acceptors (Lipinski definition) is 5. The number of oxime groups is 1. The van der Waals surface area contributed by atoms with E-state index in [4.69, 9.17) is 4.84 Å². The number of amides is 1. The number of benzene rings is 2. The van der Waals surface area contributed by atoms with Gasteiger partial charge < -0.3 is 4.84 Å². The van der Waals surface area contributed by atoms with Crippen LogP contribution in [0.4, 0.5) is 14.7 Å². The molecule has 0 bridgehead atoms. The van der Waals surface area contributed by atoms with Crippen molar-refractivity contribution in [1.29, 1.82) is 0 Å². The lowest BCUT2D eigenvalue weighted by Gasteiger charge is -2.06. The van der Waals surface area contributed by atoms with Crippen molar-refractivity contribution in [3.05, 3.63) is 77.6 Å². The average Bonchev–Trinajstić information content (AvgIpc) is 3.34. The van der Waals surface area contributed by atoms with Crippen molar-refractivity contribution in [3.63, 3.8) is 0 Å². The smallest absolute Gasteiger partial charge is 0.271 e. The van der Waals surface area contributed by atoms with Crippen molar-refractivity contribution in [2.24, 2.45) is 5.16 Å². The lowest BCUT2D eigenvalue weighted by Crippen LogP contribution is -2.28. The molecule has 1 N–H and O–H groups in total. The second-order valence-corrected chi connectivity index (χ2v) is 6.22. The maximum absolute atomic E-state index is 13.0. The highest BCUT2D eigenvalue weighted by Crippen LogP contribution is 2.18. The van der Waals surface area contributed by atoms with Gasteiger partial charge in [-0.3, -0.25) is 10.1 Å². The van der Waals surface area contributed by atoms with Crippen molar-refractivity contribution in [2.75, 3.05) is 5.32 Å². The normalized spacial score (nSPS) is 15.8. The van der Waals surface area contributed by atoms with Gasteiger partial charge >= 0.3 is 0 Å². The van der Waals surface area contributed by atoms with E-state index >= 15 is 0 Å². The summed E-state index contributed by atoms with van der Waals surface area (Å²) in [7, 11) is 0. The maximum Gasteiger partial charge on any atom is 0.271 e. The quantitative estimate of drug-likeness (QED) is 0.735. The predicted molar refractivity (Wildman–Crippen MR) is 96.6 cm³/mol. The van der Waals surface area contributed by atoms with Crippen molar-refractivity contribution in [3.8, 4) is 0 Å². The lowest BCUT2D eigenvalue weighted by atomic mass is 10.0. The Kier molecular flexibility index (Phi) is 4.79. The van der Waals surface area contributed by atoms with Crippen molar-refractivity contribution in [2.45, 2.75) is 19.1 Å². The summed E-state index contributed by atoms with van der Waals surface area (Å²) >= 11 is 0. The molecule has 1 atom stereocenters. The topological polar surface area (TPSA) is 81.4 Å². The molecule has 0 saturated heterocycles. The Balaban J connectivity index is 1.34. The molecule has 2 heterocycles. The van der Waals surface area contributed by atoms with Crippen LogP contribution in [-0.2, 0) is 16.2 Å². The van der Waals surface area contributed by atoms with Crippen LogP contribution in [0, 0.1) is 11.6 Å². The molecule has 4 rings (SSSR count). The zero-order valence-corrected chi connectivity index (χ0v) is 14.5. The molecule has 1 amide bonds. The Labute approximate surface area is 158 Å². The van der Waals surface area contributed by atoms with Crippen LogP contribution in [-0.4, -0.2) is 32.5 Å². The van der Waals surface area contributed by atoms with Crippen LogP contribution in [0.1, 0.15) is 17.5 Å². The van der Waals surface area contributed by atoms with Gasteiger partial charge in [0, 0.05) is 6.42 Å². The molecule has 1 aliphatic rings. The number of carbonyl (C=O) groups excluding carboxylic acids is 1. The molecule has 142 valence electrons. The minimum atomic E-state index is -0.816. The van der Waals surface area contributed by atoms with Gasteiger partial charge in [0.15, 0.2) is 0 Å². The van der Waals surface area contributed by atoms with Gasteiger partial charge in [-0.1, -0.05) is 29.4 Å². The molecule has 0 spiro atoms. The third-order valence-electron chi connectivity index (χ3n) is 4.17. The van der Waals surface area contributed by atoms with E-state index in [2.05, 4.69) is 20.6 Å². The minimum Gasteiger partial charge on any atom is -0.382 e. The number of aromatic nitrogens is 3. The Morgan fingerprint density at radius 2 is 1.79 bits per heavy atom. The third-order valence-corrected chi connectivity index (χ3v) is 4.17. The van der Waals surface area contributed by atoms with Crippen molar-refractivity contribution < 1.29 is 18.4 Å². The highest BCUT2D eigenvalue weighted by atomic mass is 19.1. The van der Waals surface area contributed by atoms with Crippen LogP contribution in [0.5, 0.6) is 0 Å². The largest absolute Gasteiger partial charge is 0.382 e. The standard InChI is InChI=1S/C19H15F2N5O2/c20-14-5-1-12(2-6-14)10-26-11-22-19(24-26)23-18(27)17-9-16(25-28-17)13-3-7-15(21)8-4-13/h1-8,11,17H,9-10H2,(H,23,24,27). The highest BCUT2D eigenvalue weighted by Gasteiger charge is 2.29. The van der Waals surface area contributed by atoms with Gasteiger partial charge in [-0.15, -0.1) is 5.10 Å². The van der Waals surface area contributed by atoms with Gasteiger partial charge in [0.05, 0.1) is 12.3 Å². The van der Waals surface area contributed by atoms with E-state index in [0.717, 1.165) is 5.56 Å². The van der Waals surface area contributed by atoms with E-state index in [-0.39, 0.29) is 24.0 Å². The van der Waals surface area contributed by atoms with Crippen molar-refractivity contribution in [1.82, 2.24) is 14.8 Å². The predicted octanol–water partition coefficient (Wildman–Crippen LogP) is 2.74. The first-order valence-electron chi connectivity index (χ1n) is 8.50. The minimum absolute atomic E-state index is 0.131. The molecule has 0 aliphatic carbocycles. The molecule has 0 fully saturated rings. The SMILES string of the molecule is O=C(Nc1ncn(Cc2ccc(F)cc2)n1)C1CC(c2ccc(F)cc2)=NO1. The molecule has 1 unspecified atom stereocenters. The summed E-state index contributed by atoms with van der Waals surface area (Å²) in [5, 5.41) is 10.7. The van der Waals surface area contributed by atoms with E-state index in [1.165, 1.54) is 35.3 Å². The van der Waals surface area contributed by atoms with Gasteiger partial charge in [0.2, 0.25) is 12.1 Å². The molecular formula is C19H15F2N5O2. The number of nitrogens with one attached hydrogen (secondary N) is 1. The summed E-state index contributed by atoms with van der Waals surface area (Å²) in [4.78, 5) is 21.6. The maximum atomic E-state index is 13.0.